The third-order valence-electron chi connectivity index (χ3n) is 5.15. The summed E-state index contributed by atoms with van der Waals surface area (Å²) in [5, 5.41) is 13.7. The second-order valence-corrected chi connectivity index (χ2v) is 7.40. The fourth-order valence-electron chi connectivity index (χ4n) is 3.94. The van der Waals surface area contributed by atoms with Crippen LogP contribution in [0.5, 0.6) is 0 Å². The van der Waals surface area contributed by atoms with Crippen LogP contribution in [-0.2, 0) is 16.0 Å². The zero-order valence-corrected chi connectivity index (χ0v) is 14.5. The molecule has 2 fully saturated rings. The molecule has 1 aliphatic heterocycles. The quantitative estimate of drug-likeness (QED) is 0.870. The zero-order chi connectivity index (χ0) is 17.3. The van der Waals surface area contributed by atoms with Crippen molar-refractivity contribution >= 4 is 23.4 Å². The van der Waals surface area contributed by atoms with Crippen molar-refractivity contribution in [3.05, 3.63) is 34.9 Å². The van der Waals surface area contributed by atoms with Crippen LogP contribution in [0.25, 0.3) is 0 Å². The number of likely N-dealkylation sites (tertiary alicyclic amines) is 1. The average Bonchev–Trinajstić information content (AvgIpc) is 2.92. The van der Waals surface area contributed by atoms with Crippen molar-refractivity contribution in [1.29, 1.82) is 0 Å². The van der Waals surface area contributed by atoms with Gasteiger partial charge in [0.2, 0.25) is 11.8 Å². The van der Waals surface area contributed by atoms with Crippen LogP contribution in [0.15, 0.2) is 24.3 Å². The van der Waals surface area contributed by atoms with Gasteiger partial charge >= 0.3 is 0 Å². The van der Waals surface area contributed by atoms with Crippen LogP contribution in [0.1, 0.15) is 25.3 Å². The number of aliphatic hydroxyl groups excluding tert-OH is 1. The second kappa shape index (κ2) is 7.11. The monoisotopic (exact) mass is 350 g/mol. The summed E-state index contributed by atoms with van der Waals surface area (Å²) in [4.78, 5) is 25.7. The van der Waals surface area contributed by atoms with Gasteiger partial charge in [0.25, 0.3) is 0 Å². The Morgan fingerprint density at radius 3 is 2.46 bits per heavy atom. The fraction of sp³-hybridized carbons (Fsp3) is 0.556. The molecular weight excluding hydrogens is 328 g/mol. The van der Waals surface area contributed by atoms with Crippen LogP contribution in [0.2, 0.25) is 5.02 Å². The summed E-state index contributed by atoms with van der Waals surface area (Å²) in [6, 6.07) is 7.14. The lowest BCUT2D eigenvalue weighted by atomic mass is 9.77. The number of hydrogen-bond acceptors (Lipinski definition) is 3. The molecule has 1 saturated heterocycles. The van der Waals surface area contributed by atoms with Gasteiger partial charge in [-0.1, -0.05) is 23.7 Å². The lowest BCUT2D eigenvalue weighted by Crippen LogP contribution is -2.48. The minimum absolute atomic E-state index is 0.109. The van der Waals surface area contributed by atoms with Crippen molar-refractivity contribution in [2.24, 2.45) is 11.8 Å². The van der Waals surface area contributed by atoms with Crippen molar-refractivity contribution in [2.75, 3.05) is 13.1 Å². The maximum absolute atomic E-state index is 12.5. The van der Waals surface area contributed by atoms with Crippen molar-refractivity contribution in [1.82, 2.24) is 10.2 Å². The van der Waals surface area contributed by atoms with Crippen LogP contribution in [0.3, 0.4) is 0 Å². The summed E-state index contributed by atoms with van der Waals surface area (Å²) >= 11 is 5.87. The summed E-state index contributed by atoms with van der Waals surface area (Å²) in [7, 11) is 0. The van der Waals surface area contributed by atoms with E-state index in [1.165, 1.54) is 6.92 Å². The number of nitrogens with zero attached hydrogens (tertiary/aromatic N) is 1. The van der Waals surface area contributed by atoms with E-state index in [-0.39, 0.29) is 17.9 Å². The first-order valence-corrected chi connectivity index (χ1v) is 8.77. The maximum atomic E-state index is 12.5. The van der Waals surface area contributed by atoms with Crippen LogP contribution < -0.4 is 5.32 Å². The number of hydrogen-bond donors (Lipinski definition) is 2. The molecule has 0 spiro atoms. The normalized spacial score (nSPS) is 29.2. The van der Waals surface area contributed by atoms with E-state index in [1.54, 1.807) is 12.1 Å². The molecule has 1 aromatic carbocycles. The number of aliphatic hydroxyl groups is 1. The van der Waals surface area contributed by atoms with Crippen molar-refractivity contribution in [3.8, 4) is 0 Å². The molecule has 5 nitrogen and oxygen atoms in total. The van der Waals surface area contributed by atoms with Crippen LogP contribution in [0, 0.1) is 11.8 Å². The molecule has 4 atom stereocenters. The molecule has 1 aliphatic carbocycles. The molecule has 130 valence electrons. The van der Waals surface area contributed by atoms with Gasteiger partial charge in [0, 0.05) is 25.0 Å². The Morgan fingerprint density at radius 1 is 1.21 bits per heavy atom. The number of carbonyl (C=O) groups excluding carboxylic acids is 2. The number of halogens is 1. The summed E-state index contributed by atoms with van der Waals surface area (Å²) in [6.45, 7) is 2.87. The minimum atomic E-state index is -0.526. The van der Waals surface area contributed by atoms with E-state index < -0.39 is 6.10 Å². The lowest BCUT2D eigenvalue weighted by Gasteiger charge is -2.35. The highest BCUT2D eigenvalue weighted by Crippen LogP contribution is 2.36. The number of amides is 2. The number of fused-ring (bicyclic) bond motifs is 1. The Balaban J connectivity index is 1.59. The molecule has 0 bridgehead atoms. The first-order chi connectivity index (χ1) is 11.4. The van der Waals surface area contributed by atoms with Gasteiger partial charge in [-0.3, -0.25) is 9.59 Å². The van der Waals surface area contributed by atoms with Crippen molar-refractivity contribution in [2.45, 2.75) is 38.3 Å². The maximum Gasteiger partial charge on any atom is 0.227 e. The van der Waals surface area contributed by atoms with Gasteiger partial charge in [0.1, 0.15) is 0 Å². The molecule has 0 unspecified atom stereocenters. The predicted octanol–water partition coefficient (Wildman–Crippen LogP) is 1.62. The average molecular weight is 351 g/mol. The highest BCUT2D eigenvalue weighted by atomic mass is 35.5. The van der Waals surface area contributed by atoms with E-state index in [9.17, 15) is 14.7 Å². The van der Waals surface area contributed by atoms with E-state index in [1.807, 2.05) is 17.0 Å². The Kier molecular flexibility index (Phi) is 5.11. The molecule has 1 saturated carbocycles. The van der Waals surface area contributed by atoms with Crippen molar-refractivity contribution in [3.63, 3.8) is 0 Å². The van der Waals surface area contributed by atoms with Gasteiger partial charge in [-0.25, -0.2) is 0 Å². The Labute approximate surface area is 147 Å². The number of carbonyl (C=O) groups is 2. The van der Waals surface area contributed by atoms with Crippen LogP contribution >= 0.6 is 11.6 Å². The smallest absolute Gasteiger partial charge is 0.227 e. The molecule has 24 heavy (non-hydrogen) atoms. The SMILES string of the molecule is CC(=O)N[C@@H]1C[C@@H]2CN(C(=O)Cc3ccc(Cl)cc3)C[C@@H]2C[C@H]1O. The number of nitrogens with one attached hydrogen (secondary N) is 1. The summed E-state index contributed by atoms with van der Waals surface area (Å²) < 4.78 is 0. The summed E-state index contributed by atoms with van der Waals surface area (Å²) in [5.41, 5.74) is 0.954. The van der Waals surface area contributed by atoms with Gasteiger partial charge in [0.15, 0.2) is 0 Å². The molecular formula is C18H23ClN2O3. The molecule has 0 aromatic heterocycles. The van der Waals surface area contributed by atoms with Gasteiger partial charge in [0.05, 0.1) is 18.6 Å². The Morgan fingerprint density at radius 2 is 1.83 bits per heavy atom. The topological polar surface area (TPSA) is 69.6 Å². The Bertz CT molecular complexity index is 619. The highest BCUT2D eigenvalue weighted by Gasteiger charge is 2.43. The summed E-state index contributed by atoms with van der Waals surface area (Å²) in [5.74, 6) is 0.655. The largest absolute Gasteiger partial charge is 0.391 e. The molecule has 2 aliphatic rings. The van der Waals surface area contributed by atoms with Gasteiger partial charge in [-0.2, -0.15) is 0 Å². The summed E-state index contributed by atoms with van der Waals surface area (Å²) in [6.07, 6.45) is 1.21. The highest BCUT2D eigenvalue weighted by molar-refractivity contribution is 6.30. The fourth-order valence-corrected chi connectivity index (χ4v) is 4.07. The lowest BCUT2D eigenvalue weighted by molar-refractivity contribution is -0.129. The van der Waals surface area contributed by atoms with Crippen molar-refractivity contribution < 1.29 is 14.7 Å². The first-order valence-electron chi connectivity index (χ1n) is 8.39. The van der Waals surface area contributed by atoms with Gasteiger partial charge < -0.3 is 15.3 Å². The molecule has 1 heterocycles. The Hall–Kier alpha value is -1.59. The molecule has 6 heteroatoms. The van der Waals surface area contributed by atoms with E-state index in [0.29, 0.717) is 42.8 Å². The molecule has 2 amide bonds. The third kappa shape index (κ3) is 3.90. The second-order valence-electron chi connectivity index (χ2n) is 6.97. The minimum Gasteiger partial charge on any atom is -0.391 e. The van der Waals surface area contributed by atoms with E-state index >= 15 is 0 Å². The number of benzene rings is 1. The standard InChI is InChI=1S/C18H23ClN2O3/c1-11(22)20-16-7-13-9-21(10-14(13)8-17(16)23)18(24)6-12-2-4-15(19)5-3-12/h2-5,13-14,16-17,23H,6-10H2,1H3,(H,20,22)/t13-,14+,16-,17-/m1/s1. The van der Waals surface area contributed by atoms with E-state index in [4.69, 9.17) is 11.6 Å². The molecule has 1 aromatic rings. The third-order valence-corrected chi connectivity index (χ3v) is 5.40. The molecule has 0 radical (unpaired) electrons. The molecule has 2 N–H and O–H groups in total. The van der Waals surface area contributed by atoms with Crippen LogP contribution in [-0.4, -0.2) is 47.1 Å². The van der Waals surface area contributed by atoms with E-state index in [2.05, 4.69) is 5.32 Å². The first kappa shape index (κ1) is 17.2. The molecule has 3 rings (SSSR count). The van der Waals surface area contributed by atoms with E-state index in [0.717, 1.165) is 12.0 Å². The zero-order valence-electron chi connectivity index (χ0n) is 13.7. The van der Waals surface area contributed by atoms with Gasteiger partial charge in [-0.05, 0) is 42.4 Å². The number of rotatable bonds is 3. The predicted molar refractivity (Wildman–Crippen MR) is 91.6 cm³/mol. The van der Waals surface area contributed by atoms with Crippen LogP contribution in [0.4, 0.5) is 0 Å². The van der Waals surface area contributed by atoms with Gasteiger partial charge in [-0.15, -0.1) is 0 Å².